The molecule has 1 aliphatic rings. The highest BCUT2D eigenvalue weighted by atomic mass is 35.5. The average molecular weight is 475 g/mol. The fourth-order valence-corrected chi connectivity index (χ4v) is 5.28. The van der Waals surface area contributed by atoms with Crippen LogP contribution in [0.4, 0.5) is 5.69 Å². The minimum absolute atomic E-state index is 0.0559. The Balaban J connectivity index is 1.61. The maximum atomic E-state index is 13.1. The van der Waals surface area contributed by atoms with Crippen LogP contribution in [0.2, 0.25) is 5.02 Å². The molecule has 10 heteroatoms. The van der Waals surface area contributed by atoms with Gasteiger partial charge in [0.1, 0.15) is 0 Å². The first-order valence-electron chi connectivity index (χ1n) is 10.3. The summed E-state index contributed by atoms with van der Waals surface area (Å²) < 4.78 is 33.8. The number of aromatic nitrogens is 2. The van der Waals surface area contributed by atoms with Gasteiger partial charge in [0.15, 0.2) is 0 Å². The number of likely N-dealkylation sites (tertiary alicyclic amines) is 1. The second kappa shape index (κ2) is 8.91. The van der Waals surface area contributed by atoms with Gasteiger partial charge in [0.25, 0.3) is 10.0 Å². The van der Waals surface area contributed by atoms with Gasteiger partial charge in [-0.25, -0.2) is 8.42 Å². The Labute approximate surface area is 191 Å². The van der Waals surface area contributed by atoms with Gasteiger partial charge in [0.2, 0.25) is 5.82 Å². The number of piperidine rings is 1. The molecule has 1 aliphatic heterocycles. The summed E-state index contributed by atoms with van der Waals surface area (Å²) in [5.41, 5.74) is 2.17. The molecular weight excluding hydrogens is 452 g/mol. The van der Waals surface area contributed by atoms with E-state index in [2.05, 4.69) is 14.9 Å². The van der Waals surface area contributed by atoms with Crippen LogP contribution in [-0.2, 0) is 10.0 Å². The molecule has 168 valence electrons. The van der Waals surface area contributed by atoms with E-state index in [1.165, 1.54) is 6.07 Å². The zero-order valence-electron chi connectivity index (χ0n) is 17.8. The maximum Gasteiger partial charge on any atom is 0.316 e. The molecule has 4 rings (SSSR count). The lowest BCUT2D eigenvalue weighted by molar-refractivity contribution is 0.0674. The number of carbonyl (C=O) groups excluding carboxylic acids is 1. The van der Waals surface area contributed by atoms with Crippen molar-refractivity contribution >= 4 is 33.2 Å². The largest absolute Gasteiger partial charge is 0.334 e. The SMILES string of the molecule is Cc1ccc(NS(=O)(=O)c2cc(-c3noc(C(=O)N4CCCCC4)n3)ccc2C)c(Cl)c1. The molecule has 0 saturated carbocycles. The standard InChI is InChI=1S/C22H23ClN4O4S/c1-14-6-9-18(17(23)12-14)26-32(29,30)19-13-16(8-7-15(19)2)20-24-21(31-25-20)22(28)27-10-4-3-5-11-27/h6-9,12-13,26H,3-5,10-11H2,1-2H3. The third-order valence-electron chi connectivity index (χ3n) is 5.36. The number of anilines is 1. The van der Waals surface area contributed by atoms with E-state index in [0.717, 1.165) is 24.8 Å². The molecule has 1 N–H and O–H groups in total. The summed E-state index contributed by atoms with van der Waals surface area (Å²) in [6.07, 6.45) is 3.00. The summed E-state index contributed by atoms with van der Waals surface area (Å²) in [5, 5.41) is 4.20. The highest BCUT2D eigenvalue weighted by Crippen LogP contribution is 2.29. The molecule has 32 heavy (non-hydrogen) atoms. The molecule has 0 spiro atoms. The van der Waals surface area contributed by atoms with Crippen molar-refractivity contribution in [2.45, 2.75) is 38.0 Å². The number of amides is 1. The van der Waals surface area contributed by atoms with Crippen LogP contribution >= 0.6 is 11.6 Å². The number of aryl methyl sites for hydroxylation is 2. The van der Waals surface area contributed by atoms with Crippen LogP contribution in [-0.4, -0.2) is 42.5 Å². The smallest absolute Gasteiger partial charge is 0.316 e. The second-order valence-electron chi connectivity index (χ2n) is 7.85. The number of hydrogen-bond donors (Lipinski definition) is 1. The van der Waals surface area contributed by atoms with Crippen molar-refractivity contribution in [3.63, 3.8) is 0 Å². The zero-order valence-corrected chi connectivity index (χ0v) is 19.3. The molecule has 0 bridgehead atoms. The van der Waals surface area contributed by atoms with Crippen molar-refractivity contribution in [2.24, 2.45) is 0 Å². The van der Waals surface area contributed by atoms with Crippen LogP contribution < -0.4 is 4.72 Å². The van der Waals surface area contributed by atoms with Gasteiger partial charge in [-0.05, 0) is 62.4 Å². The number of sulfonamides is 1. The molecule has 8 nitrogen and oxygen atoms in total. The molecule has 1 saturated heterocycles. The Morgan fingerprint density at radius 3 is 2.56 bits per heavy atom. The fraction of sp³-hybridized carbons (Fsp3) is 0.318. The van der Waals surface area contributed by atoms with Gasteiger partial charge in [-0.1, -0.05) is 35.0 Å². The summed E-state index contributed by atoms with van der Waals surface area (Å²) >= 11 is 6.19. The van der Waals surface area contributed by atoms with Crippen LogP contribution in [0.25, 0.3) is 11.4 Å². The lowest BCUT2D eigenvalue weighted by Crippen LogP contribution is -2.35. The van der Waals surface area contributed by atoms with Gasteiger partial charge in [-0.15, -0.1) is 0 Å². The second-order valence-corrected chi connectivity index (χ2v) is 9.90. The van der Waals surface area contributed by atoms with Crippen LogP contribution in [0, 0.1) is 13.8 Å². The van der Waals surface area contributed by atoms with Crippen molar-refractivity contribution < 1.29 is 17.7 Å². The van der Waals surface area contributed by atoms with E-state index in [9.17, 15) is 13.2 Å². The number of rotatable bonds is 5. The third-order valence-corrected chi connectivity index (χ3v) is 7.18. The molecule has 1 amide bonds. The number of halogens is 1. The van der Waals surface area contributed by atoms with Gasteiger partial charge in [-0.2, -0.15) is 4.98 Å². The van der Waals surface area contributed by atoms with Gasteiger partial charge in [-0.3, -0.25) is 9.52 Å². The normalized spacial score (nSPS) is 14.4. The van der Waals surface area contributed by atoms with E-state index >= 15 is 0 Å². The van der Waals surface area contributed by atoms with Crippen LogP contribution in [0.15, 0.2) is 45.8 Å². The summed E-state index contributed by atoms with van der Waals surface area (Å²) in [5.74, 6) is -0.259. The molecule has 2 heterocycles. The van der Waals surface area contributed by atoms with E-state index in [1.807, 2.05) is 6.92 Å². The number of benzene rings is 2. The lowest BCUT2D eigenvalue weighted by Gasteiger charge is -2.24. The first kappa shape index (κ1) is 22.3. The predicted octanol–water partition coefficient (Wildman–Crippen LogP) is 4.43. The van der Waals surface area contributed by atoms with Crippen LogP contribution in [0.5, 0.6) is 0 Å². The Hall–Kier alpha value is -2.91. The van der Waals surface area contributed by atoms with E-state index in [-0.39, 0.29) is 28.2 Å². The summed E-state index contributed by atoms with van der Waals surface area (Å²) in [4.78, 5) is 18.6. The molecule has 0 aliphatic carbocycles. The number of nitrogens with one attached hydrogen (secondary N) is 1. The number of hydrogen-bond acceptors (Lipinski definition) is 6. The van der Waals surface area contributed by atoms with Crippen molar-refractivity contribution in [3.05, 3.63) is 58.4 Å². The molecule has 0 radical (unpaired) electrons. The molecule has 0 unspecified atom stereocenters. The summed E-state index contributed by atoms with van der Waals surface area (Å²) in [6.45, 7) is 4.89. The average Bonchev–Trinajstić information content (AvgIpc) is 3.26. The zero-order chi connectivity index (χ0) is 22.9. The first-order chi connectivity index (χ1) is 15.2. The molecule has 3 aromatic rings. The van der Waals surface area contributed by atoms with Crippen molar-refractivity contribution in [3.8, 4) is 11.4 Å². The van der Waals surface area contributed by atoms with Gasteiger partial charge < -0.3 is 9.42 Å². The molecular formula is C22H23ClN4O4S. The molecule has 2 aromatic carbocycles. The minimum atomic E-state index is -3.93. The Morgan fingerprint density at radius 1 is 1.09 bits per heavy atom. The quantitative estimate of drug-likeness (QED) is 0.586. The Kier molecular flexibility index (Phi) is 6.21. The minimum Gasteiger partial charge on any atom is -0.334 e. The summed E-state index contributed by atoms with van der Waals surface area (Å²) in [6, 6.07) is 9.87. The van der Waals surface area contributed by atoms with Crippen molar-refractivity contribution in [1.82, 2.24) is 15.0 Å². The van der Waals surface area contributed by atoms with Crippen LogP contribution in [0.1, 0.15) is 41.1 Å². The fourth-order valence-electron chi connectivity index (χ4n) is 3.59. The van der Waals surface area contributed by atoms with E-state index in [1.54, 1.807) is 42.2 Å². The molecule has 1 aromatic heterocycles. The summed E-state index contributed by atoms with van der Waals surface area (Å²) in [7, 11) is -3.93. The van der Waals surface area contributed by atoms with E-state index in [4.69, 9.17) is 16.1 Å². The van der Waals surface area contributed by atoms with E-state index < -0.39 is 10.0 Å². The number of nitrogens with zero attached hydrogens (tertiary/aromatic N) is 3. The van der Waals surface area contributed by atoms with Crippen molar-refractivity contribution in [1.29, 1.82) is 0 Å². The molecule has 1 fully saturated rings. The maximum absolute atomic E-state index is 13.1. The van der Waals surface area contributed by atoms with Crippen LogP contribution in [0.3, 0.4) is 0 Å². The first-order valence-corrected chi connectivity index (χ1v) is 12.1. The monoisotopic (exact) mass is 474 g/mol. The predicted molar refractivity (Wildman–Crippen MR) is 121 cm³/mol. The van der Waals surface area contributed by atoms with Crippen molar-refractivity contribution in [2.75, 3.05) is 17.8 Å². The third kappa shape index (κ3) is 4.63. The van der Waals surface area contributed by atoms with E-state index in [0.29, 0.717) is 29.2 Å². The van der Waals surface area contributed by atoms with Gasteiger partial charge in [0, 0.05) is 18.7 Å². The lowest BCUT2D eigenvalue weighted by atomic mass is 10.1. The van der Waals surface area contributed by atoms with Gasteiger partial charge in [0.05, 0.1) is 15.6 Å². The highest BCUT2D eigenvalue weighted by Gasteiger charge is 2.25. The highest BCUT2D eigenvalue weighted by molar-refractivity contribution is 7.92. The Bertz CT molecular complexity index is 1270. The molecule has 0 atom stereocenters. The number of carbonyl (C=O) groups is 1. The Morgan fingerprint density at radius 2 is 1.84 bits per heavy atom. The van der Waals surface area contributed by atoms with Gasteiger partial charge >= 0.3 is 11.8 Å². The topological polar surface area (TPSA) is 105 Å².